The summed E-state index contributed by atoms with van der Waals surface area (Å²) in [4.78, 5) is 0. The summed E-state index contributed by atoms with van der Waals surface area (Å²) in [6.45, 7) is 2.14. The van der Waals surface area contributed by atoms with E-state index >= 15 is 0 Å². The molecule has 0 bridgehead atoms. The first-order valence-electron chi connectivity index (χ1n) is 2.40. The minimum absolute atomic E-state index is 0.291. The van der Waals surface area contributed by atoms with Crippen molar-refractivity contribution in [3.05, 3.63) is 0 Å². The molecule has 0 aromatic rings. The molecule has 0 unspecified atom stereocenters. The van der Waals surface area contributed by atoms with E-state index in [9.17, 15) is 8.42 Å². The number of hydrogen-bond donors (Lipinski definition) is 0. The van der Waals surface area contributed by atoms with Crippen LogP contribution in [0.2, 0.25) is 0 Å². The molecule has 0 saturated heterocycles. The first-order valence-corrected chi connectivity index (χ1v) is 4.22. The van der Waals surface area contributed by atoms with E-state index in [1.54, 1.807) is 0 Å². The average Bonchev–Trinajstić information content (AvgIpc) is 1.59. The van der Waals surface area contributed by atoms with Crippen LogP contribution >= 0.6 is 0 Å². The van der Waals surface area contributed by atoms with E-state index in [1.165, 1.54) is 0 Å². The highest BCUT2D eigenvalue weighted by Crippen LogP contribution is 1.85. The van der Waals surface area contributed by atoms with Gasteiger partial charge in [-0.15, -0.1) is 0 Å². The van der Waals surface area contributed by atoms with Gasteiger partial charge in [0.1, 0.15) is 0 Å². The summed E-state index contributed by atoms with van der Waals surface area (Å²) < 4.78 is 24.7. The first-order chi connectivity index (χ1) is 3.56. The molecule has 0 aromatic carbocycles. The molecule has 0 radical (unpaired) electrons. The highest BCUT2D eigenvalue weighted by molar-refractivity contribution is 8.08. The summed E-state index contributed by atoms with van der Waals surface area (Å²) in [5.74, 6) is 0. The summed E-state index contributed by atoms with van der Waals surface area (Å²) in [5.41, 5.74) is 0. The molecule has 0 fully saturated rings. The van der Waals surface area contributed by atoms with Crippen LogP contribution in [0.5, 0.6) is 0 Å². The molecule has 0 spiro atoms. The smallest absolute Gasteiger partial charge is 0.280 e. The Morgan fingerprint density at radius 3 is 2.25 bits per heavy atom. The van der Waals surface area contributed by atoms with Gasteiger partial charge in [0.15, 0.2) is 0 Å². The van der Waals surface area contributed by atoms with E-state index in [1.807, 2.05) is 6.92 Å². The fourth-order valence-corrected chi connectivity index (χ4v) is 0.704. The van der Waals surface area contributed by atoms with Gasteiger partial charge in [-0.05, 0) is 6.42 Å². The predicted molar refractivity (Wildman–Crippen MR) is 33.7 cm³/mol. The second-order valence-corrected chi connectivity index (χ2v) is 3.17. The van der Waals surface area contributed by atoms with Crippen LogP contribution in [0.3, 0.4) is 0 Å². The Kier molecular flexibility index (Phi) is 3.08. The summed E-state index contributed by atoms with van der Waals surface area (Å²) >= 11 is 0. The van der Waals surface area contributed by atoms with E-state index in [0.29, 0.717) is 6.61 Å². The Bertz CT molecular complexity index is 139. The molecule has 5 heteroatoms. The molecular formula is C3H9BO3S. The van der Waals surface area contributed by atoms with Crippen molar-refractivity contribution in [1.82, 2.24) is 0 Å². The standard InChI is InChI=1S/C3H9BO3S/c1-2-3-7-8(4,5)6/h2-4H2,1H3. The SMILES string of the molecule is BS(=O)(=O)OCCC. The van der Waals surface area contributed by atoms with E-state index in [0.717, 1.165) is 13.5 Å². The van der Waals surface area contributed by atoms with Gasteiger partial charge in [-0.1, -0.05) is 6.92 Å². The van der Waals surface area contributed by atoms with E-state index in [2.05, 4.69) is 4.18 Å². The van der Waals surface area contributed by atoms with Gasteiger partial charge in [-0.2, -0.15) is 0 Å². The lowest BCUT2D eigenvalue weighted by Crippen LogP contribution is -2.04. The van der Waals surface area contributed by atoms with Crippen LogP contribution in [0.15, 0.2) is 0 Å². The normalized spacial score (nSPS) is 11.6. The van der Waals surface area contributed by atoms with Crippen LogP contribution in [0.4, 0.5) is 0 Å². The number of hydrogen-bond acceptors (Lipinski definition) is 3. The van der Waals surface area contributed by atoms with Crippen molar-refractivity contribution < 1.29 is 12.6 Å². The topological polar surface area (TPSA) is 43.4 Å². The molecular weight excluding hydrogens is 127 g/mol. The van der Waals surface area contributed by atoms with Crippen molar-refractivity contribution in [2.24, 2.45) is 0 Å². The highest BCUT2D eigenvalue weighted by Gasteiger charge is 1.97. The highest BCUT2D eigenvalue weighted by atomic mass is 32.2. The van der Waals surface area contributed by atoms with Crippen LogP contribution < -0.4 is 0 Å². The van der Waals surface area contributed by atoms with Crippen molar-refractivity contribution >= 4 is 17.1 Å². The van der Waals surface area contributed by atoms with Gasteiger partial charge >= 0.3 is 0 Å². The van der Waals surface area contributed by atoms with Gasteiger partial charge in [0.2, 0.25) is 9.97 Å². The second-order valence-electron chi connectivity index (χ2n) is 1.53. The monoisotopic (exact) mass is 136 g/mol. The van der Waals surface area contributed by atoms with E-state index < -0.39 is 9.97 Å². The predicted octanol–water partition coefficient (Wildman–Crippen LogP) is -0.709. The third-order valence-corrected chi connectivity index (χ3v) is 1.10. The van der Waals surface area contributed by atoms with Gasteiger partial charge in [0.25, 0.3) is 7.12 Å². The quantitative estimate of drug-likeness (QED) is 0.481. The van der Waals surface area contributed by atoms with Gasteiger partial charge in [-0.25, -0.2) is 8.42 Å². The molecule has 0 atom stereocenters. The van der Waals surface area contributed by atoms with Crippen molar-refractivity contribution in [2.45, 2.75) is 13.3 Å². The zero-order chi connectivity index (χ0) is 6.62. The Hall–Kier alpha value is -0.0251. The molecule has 0 aliphatic rings. The van der Waals surface area contributed by atoms with Crippen molar-refractivity contribution in [1.29, 1.82) is 0 Å². The third kappa shape index (κ3) is 5.97. The maximum absolute atomic E-state index is 10.2. The van der Waals surface area contributed by atoms with Gasteiger partial charge < -0.3 is 0 Å². The van der Waals surface area contributed by atoms with Crippen molar-refractivity contribution in [3.63, 3.8) is 0 Å². The Morgan fingerprint density at radius 2 is 2.12 bits per heavy atom. The molecule has 48 valence electrons. The molecule has 0 heterocycles. The summed E-state index contributed by atoms with van der Waals surface area (Å²) in [5, 5.41) is 0. The molecule has 8 heavy (non-hydrogen) atoms. The lowest BCUT2D eigenvalue weighted by molar-refractivity contribution is 0.328. The summed E-state index contributed by atoms with van der Waals surface area (Å²) in [6, 6.07) is 0. The molecule has 3 nitrogen and oxygen atoms in total. The number of rotatable bonds is 3. The molecule has 0 saturated carbocycles. The lowest BCUT2D eigenvalue weighted by Gasteiger charge is -1.94. The Morgan fingerprint density at radius 1 is 1.62 bits per heavy atom. The second kappa shape index (κ2) is 3.09. The van der Waals surface area contributed by atoms with Gasteiger partial charge in [0.05, 0.1) is 6.61 Å². The summed E-state index contributed by atoms with van der Waals surface area (Å²) in [7, 11) is -2.14. The maximum Gasteiger partial charge on any atom is 0.291 e. The Labute approximate surface area is 50.5 Å². The fraction of sp³-hybridized carbons (Fsp3) is 1.00. The molecule has 0 aromatic heterocycles. The van der Waals surface area contributed by atoms with Crippen LogP contribution in [-0.2, 0) is 14.2 Å². The van der Waals surface area contributed by atoms with Gasteiger partial charge in [0, 0.05) is 0 Å². The fourth-order valence-electron chi connectivity index (χ4n) is 0.235. The minimum Gasteiger partial charge on any atom is -0.280 e. The first kappa shape index (κ1) is 7.97. The maximum atomic E-state index is 10.2. The zero-order valence-corrected chi connectivity index (χ0v) is 5.86. The third-order valence-electron chi connectivity index (χ3n) is 0.502. The zero-order valence-electron chi connectivity index (χ0n) is 5.05. The van der Waals surface area contributed by atoms with Crippen molar-refractivity contribution in [3.8, 4) is 0 Å². The minimum atomic E-state index is -3.19. The van der Waals surface area contributed by atoms with E-state index in [4.69, 9.17) is 0 Å². The molecule has 0 aliphatic heterocycles. The van der Waals surface area contributed by atoms with E-state index in [-0.39, 0.29) is 0 Å². The Balaban J connectivity index is 3.42. The molecule has 0 amide bonds. The van der Waals surface area contributed by atoms with Crippen LogP contribution in [0, 0.1) is 0 Å². The molecule has 0 N–H and O–H groups in total. The lowest BCUT2D eigenvalue weighted by atomic mass is 10.5. The van der Waals surface area contributed by atoms with Crippen molar-refractivity contribution in [2.75, 3.05) is 6.61 Å². The molecule has 0 aliphatic carbocycles. The van der Waals surface area contributed by atoms with Crippen LogP contribution in [-0.4, -0.2) is 22.1 Å². The average molecular weight is 136 g/mol. The summed E-state index contributed by atoms with van der Waals surface area (Å²) in [6.07, 6.45) is 0.729. The van der Waals surface area contributed by atoms with Crippen LogP contribution in [0.25, 0.3) is 0 Å². The molecule has 0 rings (SSSR count). The van der Waals surface area contributed by atoms with Crippen LogP contribution in [0.1, 0.15) is 13.3 Å². The van der Waals surface area contributed by atoms with Gasteiger partial charge in [-0.3, -0.25) is 4.18 Å². The largest absolute Gasteiger partial charge is 0.291 e.